The van der Waals surface area contributed by atoms with Gasteiger partial charge >= 0.3 is 0 Å². The van der Waals surface area contributed by atoms with E-state index in [9.17, 15) is 19.1 Å². The third-order valence-corrected chi connectivity index (χ3v) is 4.00. The maximum absolute atomic E-state index is 13.1. The summed E-state index contributed by atoms with van der Waals surface area (Å²) in [6, 6.07) is 11.2. The Bertz CT molecular complexity index is 773. The third kappa shape index (κ3) is 5.50. The third-order valence-electron chi connectivity index (χ3n) is 4.00. The highest BCUT2D eigenvalue weighted by Crippen LogP contribution is 2.15. The van der Waals surface area contributed by atoms with Crippen molar-refractivity contribution in [3.8, 4) is 0 Å². The molecule has 1 unspecified atom stereocenters. The van der Waals surface area contributed by atoms with Crippen LogP contribution in [0.5, 0.6) is 0 Å². The summed E-state index contributed by atoms with van der Waals surface area (Å²) in [5.74, 6) is -0.849. The maximum atomic E-state index is 13.1. The molecule has 132 valence electrons. The highest BCUT2D eigenvalue weighted by atomic mass is 19.1. The molecule has 0 fully saturated rings. The summed E-state index contributed by atoms with van der Waals surface area (Å²) < 4.78 is 13.1. The van der Waals surface area contributed by atoms with Gasteiger partial charge in [0, 0.05) is 24.9 Å². The lowest BCUT2D eigenvalue weighted by Gasteiger charge is -2.12. The number of halogens is 1. The first kappa shape index (κ1) is 18.8. The van der Waals surface area contributed by atoms with Crippen LogP contribution in [0.3, 0.4) is 0 Å². The fourth-order valence-electron chi connectivity index (χ4n) is 2.53. The molecular weight excluding hydrogens is 321 g/mol. The van der Waals surface area contributed by atoms with Gasteiger partial charge in [0.1, 0.15) is 5.82 Å². The van der Waals surface area contributed by atoms with Crippen LogP contribution in [0, 0.1) is 19.7 Å². The summed E-state index contributed by atoms with van der Waals surface area (Å²) in [7, 11) is 0. The number of aliphatic hydroxyl groups excluding tert-OH is 1. The van der Waals surface area contributed by atoms with Crippen LogP contribution in [0.4, 0.5) is 4.39 Å². The standard InChI is InChI=1S/C20H22FNO3/c1-13-6-7-14(2)17(10-13)18(23)8-9-20(25)22-12-19(24)15-4-3-5-16(21)11-15/h3-7,10-11,19,24H,8-9,12H2,1-2H3,(H,22,25). The molecule has 2 N–H and O–H groups in total. The number of benzene rings is 2. The van der Waals surface area contributed by atoms with Gasteiger partial charge in [0.25, 0.3) is 0 Å². The zero-order valence-electron chi connectivity index (χ0n) is 14.4. The zero-order chi connectivity index (χ0) is 18.4. The second kappa shape index (κ2) is 8.53. The number of Topliss-reactive ketones (excluding diaryl/α,β-unsaturated/α-hetero) is 1. The molecule has 0 heterocycles. The van der Waals surface area contributed by atoms with Gasteiger partial charge in [0.05, 0.1) is 6.10 Å². The Labute approximate surface area is 146 Å². The fraction of sp³-hybridized carbons (Fsp3) is 0.300. The van der Waals surface area contributed by atoms with E-state index in [1.807, 2.05) is 32.0 Å². The molecular formula is C20H22FNO3. The molecule has 0 aliphatic rings. The topological polar surface area (TPSA) is 66.4 Å². The molecule has 4 nitrogen and oxygen atoms in total. The van der Waals surface area contributed by atoms with Crippen LogP contribution in [0.15, 0.2) is 42.5 Å². The van der Waals surface area contributed by atoms with Crippen molar-refractivity contribution in [2.45, 2.75) is 32.8 Å². The number of carbonyl (C=O) groups is 2. The highest BCUT2D eigenvalue weighted by molar-refractivity contribution is 5.99. The molecule has 0 saturated heterocycles. The van der Waals surface area contributed by atoms with Crippen molar-refractivity contribution in [1.29, 1.82) is 0 Å². The lowest BCUT2D eigenvalue weighted by atomic mass is 9.99. The molecule has 2 rings (SSSR count). The van der Waals surface area contributed by atoms with Gasteiger partial charge in [-0.25, -0.2) is 4.39 Å². The van der Waals surface area contributed by atoms with Crippen molar-refractivity contribution >= 4 is 11.7 Å². The van der Waals surface area contributed by atoms with Crippen LogP contribution in [0.2, 0.25) is 0 Å². The van der Waals surface area contributed by atoms with Crippen molar-refractivity contribution in [3.63, 3.8) is 0 Å². The van der Waals surface area contributed by atoms with E-state index in [0.29, 0.717) is 11.1 Å². The van der Waals surface area contributed by atoms with E-state index < -0.39 is 11.9 Å². The first-order valence-electron chi connectivity index (χ1n) is 8.17. The largest absolute Gasteiger partial charge is 0.387 e. The molecule has 2 aromatic carbocycles. The average molecular weight is 343 g/mol. The molecule has 0 aliphatic heterocycles. The van der Waals surface area contributed by atoms with Gasteiger partial charge in [-0.2, -0.15) is 0 Å². The van der Waals surface area contributed by atoms with E-state index in [4.69, 9.17) is 0 Å². The van der Waals surface area contributed by atoms with Crippen LogP contribution < -0.4 is 5.32 Å². The van der Waals surface area contributed by atoms with Gasteiger partial charge in [-0.05, 0) is 43.2 Å². The van der Waals surface area contributed by atoms with E-state index in [-0.39, 0.29) is 31.1 Å². The first-order chi connectivity index (χ1) is 11.9. The van der Waals surface area contributed by atoms with Crippen LogP contribution in [0.1, 0.15) is 46.0 Å². The number of hydrogen-bond acceptors (Lipinski definition) is 3. The first-order valence-corrected chi connectivity index (χ1v) is 8.17. The van der Waals surface area contributed by atoms with Crippen molar-refractivity contribution in [2.75, 3.05) is 6.54 Å². The summed E-state index contributed by atoms with van der Waals surface area (Å²) in [5.41, 5.74) is 2.91. The highest BCUT2D eigenvalue weighted by Gasteiger charge is 2.14. The van der Waals surface area contributed by atoms with Crippen LogP contribution in [-0.4, -0.2) is 23.3 Å². The number of rotatable bonds is 7. The summed E-state index contributed by atoms with van der Waals surface area (Å²) >= 11 is 0. The number of aliphatic hydroxyl groups is 1. The van der Waals surface area contributed by atoms with Gasteiger partial charge in [0.2, 0.25) is 5.91 Å². The minimum Gasteiger partial charge on any atom is -0.387 e. The molecule has 25 heavy (non-hydrogen) atoms. The molecule has 0 spiro atoms. The monoisotopic (exact) mass is 343 g/mol. The molecule has 0 aliphatic carbocycles. The van der Waals surface area contributed by atoms with Crippen molar-refractivity contribution < 1.29 is 19.1 Å². The smallest absolute Gasteiger partial charge is 0.220 e. The summed E-state index contributed by atoms with van der Waals surface area (Å²) in [6.45, 7) is 3.75. The Hall–Kier alpha value is -2.53. The van der Waals surface area contributed by atoms with Gasteiger partial charge in [-0.1, -0.05) is 29.8 Å². The number of ketones is 1. The Morgan fingerprint density at radius 2 is 1.88 bits per heavy atom. The predicted octanol–water partition coefficient (Wildman–Crippen LogP) is 3.26. The molecule has 1 atom stereocenters. The van der Waals surface area contributed by atoms with Gasteiger partial charge in [0.15, 0.2) is 5.78 Å². The number of aryl methyl sites for hydroxylation is 2. The molecule has 0 radical (unpaired) electrons. The van der Waals surface area contributed by atoms with Gasteiger partial charge < -0.3 is 10.4 Å². The molecule has 5 heteroatoms. The van der Waals surface area contributed by atoms with E-state index in [1.54, 1.807) is 6.07 Å². The number of amides is 1. The molecule has 0 bridgehead atoms. The number of nitrogens with one attached hydrogen (secondary N) is 1. The second-order valence-corrected chi connectivity index (χ2v) is 6.12. The molecule has 2 aromatic rings. The minimum atomic E-state index is -0.991. The van der Waals surface area contributed by atoms with Gasteiger partial charge in [-0.15, -0.1) is 0 Å². The van der Waals surface area contributed by atoms with Gasteiger partial charge in [-0.3, -0.25) is 9.59 Å². The van der Waals surface area contributed by atoms with Crippen LogP contribution in [0.25, 0.3) is 0 Å². The van der Waals surface area contributed by atoms with E-state index >= 15 is 0 Å². The van der Waals surface area contributed by atoms with Crippen LogP contribution >= 0.6 is 0 Å². The minimum absolute atomic E-state index is 0.0278. The Balaban J connectivity index is 1.82. The lowest BCUT2D eigenvalue weighted by molar-refractivity contribution is -0.121. The quantitative estimate of drug-likeness (QED) is 0.759. The predicted molar refractivity (Wildman–Crippen MR) is 93.9 cm³/mol. The van der Waals surface area contributed by atoms with Crippen molar-refractivity contribution in [1.82, 2.24) is 5.32 Å². The second-order valence-electron chi connectivity index (χ2n) is 6.12. The molecule has 0 aromatic heterocycles. The Kier molecular flexibility index (Phi) is 6.42. The molecule has 0 saturated carbocycles. The van der Waals surface area contributed by atoms with Crippen molar-refractivity contribution in [3.05, 3.63) is 70.5 Å². The summed E-state index contributed by atoms with van der Waals surface area (Å²) in [5, 5.41) is 12.5. The number of hydrogen-bond donors (Lipinski definition) is 2. The molecule has 1 amide bonds. The number of carbonyl (C=O) groups excluding carboxylic acids is 2. The van der Waals surface area contributed by atoms with E-state index in [2.05, 4.69) is 5.32 Å². The van der Waals surface area contributed by atoms with E-state index in [1.165, 1.54) is 18.2 Å². The fourth-order valence-corrected chi connectivity index (χ4v) is 2.53. The summed E-state index contributed by atoms with van der Waals surface area (Å²) in [6.07, 6.45) is -0.844. The Morgan fingerprint density at radius 1 is 1.12 bits per heavy atom. The van der Waals surface area contributed by atoms with E-state index in [0.717, 1.165) is 11.1 Å². The maximum Gasteiger partial charge on any atom is 0.220 e. The Morgan fingerprint density at radius 3 is 2.60 bits per heavy atom. The zero-order valence-corrected chi connectivity index (χ0v) is 14.4. The summed E-state index contributed by atoms with van der Waals surface area (Å²) in [4.78, 5) is 24.1. The lowest BCUT2D eigenvalue weighted by Crippen LogP contribution is -2.28. The van der Waals surface area contributed by atoms with Crippen LogP contribution in [-0.2, 0) is 4.79 Å². The van der Waals surface area contributed by atoms with Crippen molar-refractivity contribution in [2.24, 2.45) is 0 Å². The normalized spacial score (nSPS) is 11.8. The SMILES string of the molecule is Cc1ccc(C)c(C(=O)CCC(=O)NCC(O)c2cccc(F)c2)c1. The average Bonchev–Trinajstić information content (AvgIpc) is 2.59.